The Bertz CT molecular complexity index is 2210. The van der Waals surface area contributed by atoms with Gasteiger partial charge in [-0.15, -0.1) is 0 Å². The van der Waals surface area contributed by atoms with E-state index in [1.165, 1.54) is 22.5 Å². The highest BCUT2D eigenvalue weighted by Gasteiger charge is 2.53. The van der Waals surface area contributed by atoms with Crippen molar-refractivity contribution in [3.8, 4) is 22.3 Å². The van der Waals surface area contributed by atoms with Crippen LogP contribution in [0.15, 0.2) is 48.5 Å². The van der Waals surface area contributed by atoms with Crippen LogP contribution in [0.5, 0.6) is 0 Å². The van der Waals surface area contributed by atoms with Crippen LogP contribution in [0, 0.1) is 0 Å². The van der Waals surface area contributed by atoms with E-state index < -0.39 is 70.1 Å². The molecule has 3 atom stereocenters. The molecule has 16 heteroatoms. The zero-order valence-electron chi connectivity index (χ0n) is 36.6. The third-order valence-electron chi connectivity index (χ3n) is 13.5. The Hall–Kier alpha value is -2.47. The van der Waals surface area contributed by atoms with Crippen LogP contribution in [0.25, 0.3) is 22.3 Å². The molecular weight excluding hydrogens is 790 g/mol. The van der Waals surface area contributed by atoms with Gasteiger partial charge in [0, 0.05) is 32.2 Å². The minimum absolute atomic E-state index is 0.0862. The average molecular weight is 851 g/mol. The zero-order chi connectivity index (χ0) is 43.1. The van der Waals surface area contributed by atoms with Crippen LogP contribution < -0.4 is 15.6 Å². The van der Waals surface area contributed by atoms with E-state index in [0.29, 0.717) is 13.0 Å². The molecular formula is C43H60B2N2O10S2. The van der Waals surface area contributed by atoms with Gasteiger partial charge in [0.2, 0.25) is 21.3 Å². The van der Waals surface area contributed by atoms with Crippen LogP contribution in [0.2, 0.25) is 0 Å². The maximum atomic E-state index is 12.4. The Morgan fingerprint density at radius 1 is 0.695 bits per heavy atom. The van der Waals surface area contributed by atoms with Crippen molar-refractivity contribution in [1.29, 1.82) is 0 Å². The van der Waals surface area contributed by atoms with E-state index in [4.69, 9.17) is 28.1 Å². The number of fused-ring (bicyclic) bond motifs is 6. The molecule has 7 rings (SSSR count). The summed E-state index contributed by atoms with van der Waals surface area (Å²) in [5, 5.41) is 0. The molecule has 2 aliphatic carbocycles. The predicted octanol–water partition coefficient (Wildman–Crippen LogP) is 5.79. The number of benzene rings is 3. The molecule has 3 aromatic carbocycles. The first-order valence-corrected chi connectivity index (χ1v) is 23.3. The SMILES string of the molecule is CNS(=O)(=O)CCCOC1c2cc(B3OC(C)(C)C(C)(C)O3)ccc2-c2cc3c(cc2C1OCCCN(C)S(=O)O)-c1ccc(B2OC(C)(C)C(C)(C)O2)cc1C3(C)C. The summed E-state index contributed by atoms with van der Waals surface area (Å²) < 4.78 is 89.4. The highest BCUT2D eigenvalue weighted by molar-refractivity contribution is 7.89. The molecule has 0 radical (unpaired) electrons. The first-order chi connectivity index (χ1) is 27.4. The second-order valence-corrected chi connectivity index (χ2v) is 22.0. The number of ether oxygens (including phenoxy) is 2. The second kappa shape index (κ2) is 15.7. The van der Waals surface area contributed by atoms with Gasteiger partial charge >= 0.3 is 14.2 Å². The van der Waals surface area contributed by atoms with E-state index in [0.717, 1.165) is 44.3 Å². The Labute approximate surface area is 354 Å². The van der Waals surface area contributed by atoms with E-state index in [1.54, 1.807) is 7.05 Å². The summed E-state index contributed by atoms with van der Waals surface area (Å²) in [6.07, 6.45) is -0.460. The summed E-state index contributed by atoms with van der Waals surface area (Å²) in [5.41, 5.74) is 7.83. The van der Waals surface area contributed by atoms with Crippen molar-refractivity contribution in [2.45, 2.75) is 122 Å². The molecule has 2 heterocycles. The Balaban J connectivity index is 1.33. The minimum atomic E-state index is -3.44. The zero-order valence-corrected chi connectivity index (χ0v) is 38.2. The molecule has 0 amide bonds. The van der Waals surface area contributed by atoms with Crippen molar-refractivity contribution in [3.05, 3.63) is 70.8 Å². The number of rotatable bonds is 14. The summed E-state index contributed by atoms with van der Waals surface area (Å²) in [5.74, 6) is -0.0862. The number of nitrogens with one attached hydrogen (secondary N) is 1. The maximum Gasteiger partial charge on any atom is 0.494 e. The van der Waals surface area contributed by atoms with Crippen molar-refractivity contribution < 1.29 is 45.3 Å². The summed E-state index contributed by atoms with van der Waals surface area (Å²) in [6.45, 7) is 21.6. The predicted molar refractivity (Wildman–Crippen MR) is 234 cm³/mol. The summed E-state index contributed by atoms with van der Waals surface area (Å²) >= 11 is -2.10. The Kier molecular flexibility index (Phi) is 11.9. The number of hydrogen-bond acceptors (Lipinski definition) is 9. The second-order valence-electron chi connectivity index (χ2n) is 18.8. The van der Waals surface area contributed by atoms with Crippen molar-refractivity contribution in [2.24, 2.45) is 0 Å². The lowest BCUT2D eigenvalue weighted by Crippen LogP contribution is -2.41. The molecule has 12 nitrogen and oxygen atoms in total. The number of nitrogens with zero attached hydrogens (tertiary/aromatic N) is 1. The van der Waals surface area contributed by atoms with Crippen molar-refractivity contribution >= 4 is 46.5 Å². The third kappa shape index (κ3) is 8.17. The van der Waals surface area contributed by atoms with Gasteiger partial charge in [0.15, 0.2) is 0 Å². The quantitative estimate of drug-likeness (QED) is 0.116. The summed E-state index contributed by atoms with van der Waals surface area (Å²) in [6, 6.07) is 17.3. The van der Waals surface area contributed by atoms with Gasteiger partial charge in [-0.05, 0) is 143 Å². The minimum Gasteiger partial charge on any atom is -0.399 e. The molecule has 2 aliphatic heterocycles. The number of hydrogen-bond donors (Lipinski definition) is 2. The highest BCUT2D eigenvalue weighted by Crippen LogP contribution is 2.55. The van der Waals surface area contributed by atoms with Gasteiger partial charge in [-0.25, -0.2) is 21.7 Å². The van der Waals surface area contributed by atoms with Gasteiger partial charge in [-0.1, -0.05) is 50.2 Å². The van der Waals surface area contributed by atoms with Gasteiger partial charge in [-0.2, -0.15) is 0 Å². The van der Waals surface area contributed by atoms with E-state index in [1.807, 2.05) is 27.7 Å². The van der Waals surface area contributed by atoms with Gasteiger partial charge in [0.25, 0.3) is 0 Å². The summed E-state index contributed by atoms with van der Waals surface area (Å²) in [4.78, 5) is 0. The fraction of sp³-hybridized carbons (Fsp3) is 0.581. The molecule has 2 fully saturated rings. The van der Waals surface area contributed by atoms with Crippen LogP contribution in [0.3, 0.4) is 0 Å². The van der Waals surface area contributed by atoms with Crippen LogP contribution in [0.1, 0.15) is 117 Å². The van der Waals surface area contributed by atoms with Crippen LogP contribution in [-0.2, 0) is 54.8 Å². The smallest absolute Gasteiger partial charge is 0.399 e. The lowest BCUT2D eigenvalue weighted by Gasteiger charge is -2.37. The van der Waals surface area contributed by atoms with E-state index in [9.17, 15) is 17.2 Å². The lowest BCUT2D eigenvalue weighted by molar-refractivity contribution is -0.0798. The standard InChI is InChI=1S/C43H60B2N2O10S2/c1-39(2)35-24-28(45-56-42(7,8)43(9,10)57-45)16-18-30(35)32-25-34-31(26-36(32)39)29-17-15-27(44-54-40(3,4)41(5,6)55-44)23-33(29)37(53-21-14-22-59(50,51)46-11)38(34)52-20-13-19-47(12)58(48)49/h15-18,23-26,37-38,46H,13-14,19-22H2,1-12H3,(H,48,49). The molecule has 0 saturated carbocycles. The van der Waals surface area contributed by atoms with E-state index in [-0.39, 0.29) is 30.8 Å². The van der Waals surface area contributed by atoms with E-state index >= 15 is 0 Å². The summed E-state index contributed by atoms with van der Waals surface area (Å²) in [7, 11) is -1.56. The molecule has 3 unspecified atom stereocenters. The molecule has 2 N–H and O–H groups in total. The molecule has 320 valence electrons. The van der Waals surface area contributed by atoms with Crippen LogP contribution in [0.4, 0.5) is 0 Å². The first-order valence-electron chi connectivity index (χ1n) is 20.5. The molecule has 0 bridgehead atoms. The fourth-order valence-corrected chi connectivity index (χ4v) is 9.40. The van der Waals surface area contributed by atoms with Gasteiger partial charge < -0.3 is 28.1 Å². The van der Waals surface area contributed by atoms with E-state index in [2.05, 4.69) is 94.8 Å². The molecule has 2 saturated heterocycles. The van der Waals surface area contributed by atoms with Crippen molar-refractivity contribution in [3.63, 3.8) is 0 Å². The first kappa shape index (κ1) is 44.6. The van der Waals surface area contributed by atoms with Crippen LogP contribution >= 0.6 is 0 Å². The topological polar surface area (TPSA) is 142 Å². The van der Waals surface area contributed by atoms with Crippen molar-refractivity contribution in [2.75, 3.05) is 39.6 Å². The molecule has 59 heavy (non-hydrogen) atoms. The lowest BCUT2D eigenvalue weighted by atomic mass is 9.72. The Morgan fingerprint density at radius 2 is 1.17 bits per heavy atom. The fourth-order valence-electron chi connectivity index (χ4n) is 8.41. The number of sulfonamides is 1. The Morgan fingerprint density at radius 3 is 1.69 bits per heavy atom. The normalized spacial score (nSPS) is 23.6. The van der Waals surface area contributed by atoms with Crippen molar-refractivity contribution in [1.82, 2.24) is 9.03 Å². The molecule has 0 spiro atoms. The largest absolute Gasteiger partial charge is 0.494 e. The average Bonchev–Trinajstić information content (AvgIpc) is 3.63. The molecule has 3 aromatic rings. The monoisotopic (exact) mass is 850 g/mol. The molecule has 4 aliphatic rings. The van der Waals surface area contributed by atoms with Crippen LogP contribution in [-0.4, -0.2) is 97.7 Å². The van der Waals surface area contributed by atoms with Gasteiger partial charge in [0.1, 0.15) is 12.2 Å². The van der Waals surface area contributed by atoms with Gasteiger partial charge in [-0.3, -0.25) is 4.55 Å². The van der Waals surface area contributed by atoms with Gasteiger partial charge in [0.05, 0.1) is 28.2 Å². The highest BCUT2D eigenvalue weighted by atomic mass is 32.2. The molecule has 0 aromatic heterocycles. The maximum absolute atomic E-state index is 12.4. The third-order valence-corrected chi connectivity index (χ3v) is 15.7.